The van der Waals surface area contributed by atoms with Gasteiger partial charge in [-0.05, 0) is 18.2 Å². The lowest BCUT2D eigenvalue weighted by molar-refractivity contribution is 0.581. The molecule has 5 nitrogen and oxygen atoms in total. The Morgan fingerprint density at radius 3 is 2.80 bits per heavy atom. The van der Waals surface area contributed by atoms with Crippen LogP contribution in [0.15, 0.2) is 34.7 Å². The van der Waals surface area contributed by atoms with Crippen LogP contribution in [0.3, 0.4) is 0 Å². The fraction of sp³-hybridized carbons (Fsp3) is 0.0909. The zero-order chi connectivity index (χ0) is 14.8. The van der Waals surface area contributed by atoms with E-state index in [0.29, 0.717) is 10.6 Å². The summed E-state index contributed by atoms with van der Waals surface area (Å²) in [5.41, 5.74) is 5.92. The van der Waals surface area contributed by atoms with Gasteiger partial charge in [0.25, 0.3) is 0 Å². The fourth-order valence-electron chi connectivity index (χ4n) is 1.44. The van der Waals surface area contributed by atoms with Gasteiger partial charge in [0.05, 0.1) is 16.5 Å². The quantitative estimate of drug-likeness (QED) is 0.807. The van der Waals surface area contributed by atoms with Crippen LogP contribution in [0.2, 0.25) is 5.02 Å². The number of nitrogens with two attached hydrogens (primary N) is 1. The second-order valence-electron chi connectivity index (χ2n) is 3.76. The lowest BCUT2D eigenvalue weighted by Gasteiger charge is -2.08. The average Bonchev–Trinajstić information content (AvgIpc) is 2.89. The maximum absolute atomic E-state index is 12.1. The minimum absolute atomic E-state index is 0.0547. The van der Waals surface area contributed by atoms with Crippen LogP contribution in [-0.2, 0) is 16.6 Å². The SMILES string of the molecule is NC(=S)c1ccc(S(=O)(=O)NCc2nccs2)cc1Cl. The minimum Gasteiger partial charge on any atom is -0.389 e. The van der Waals surface area contributed by atoms with Gasteiger partial charge in [-0.15, -0.1) is 11.3 Å². The summed E-state index contributed by atoms with van der Waals surface area (Å²) < 4.78 is 26.7. The van der Waals surface area contributed by atoms with Crippen molar-refractivity contribution in [1.82, 2.24) is 9.71 Å². The molecule has 0 saturated heterocycles. The Morgan fingerprint density at radius 1 is 1.50 bits per heavy atom. The van der Waals surface area contributed by atoms with Gasteiger partial charge in [-0.1, -0.05) is 23.8 Å². The molecule has 0 aliphatic heterocycles. The van der Waals surface area contributed by atoms with E-state index in [1.54, 1.807) is 11.6 Å². The molecule has 0 atom stereocenters. The van der Waals surface area contributed by atoms with E-state index in [-0.39, 0.29) is 21.5 Å². The van der Waals surface area contributed by atoms with Crippen molar-refractivity contribution in [3.8, 4) is 0 Å². The number of nitrogens with one attached hydrogen (secondary N) is 1. The van der Waals surface area contributed by atoms with Crippen molar-refractivity contribution in [2.24, 2.45) is 5.73 Å². The Balaban J connectivity index is 2.21. The molecule has 0 saturated carbocycles. The van der Waals surface area contributed by atoms with E-state index in [1.165, 1.54) is 29.5 Å². The Bertz CT molecular complexity index is 729. The first-order valence-corrected chi connectivity index (χ1v) is 8.52. The van der Waals surface area contributed by atoms with Crippen LogP contribution in [0.25, 0.3) is 0 Å². The molecule has 0 aliphatic rings. The third-order valence-electron chi connectivity index (χ3n) is 2.41. The van der Waals surface area contributed by atoms with Crippen molar-refractivity contribution in [2.75, 3.05) is 0 Å². The average molecular weight is 348 g/mol. The van der Waals surface area contributed by atoms with Crippen LogP contribution in [0.1, 0.15) is 10.6 Å². The van der Waals surface area contributed by atoms with Gasteiger partial charge in [-0.25, -0.2) is 18.1 Å². The lowest BCUT2D eigenvalue weighted by atomic mass is 10.2. The maximum atomic E-state index is 12.1. The molecule has 0 unspecified atom stereocenters. The van der Waals surface area contributed by atoms with E-state index in [4.69, 9.17) is 29.6 Å². The Hall–Kier alpha value is -1.06. The number of benzene rings is 1. The summed E-state index contributed by atoms with van der Waals surface area (Å²) in [4.78, 5) is 4.17. The number of thiocarbonyl (C=S) groups is 1. The molecular formula is C11H10ClN3O2S3. The molecule has 2 aromatic rings. The number of sulfonamides is 1. The summed E-state index contributed by atoms with van der Waals surface area (Å²) in [5.74, 6) is 0. The highest BCUT2D eigenvalue weighted by molar-refractivity contribution is 7.89. The molecule has 106 valence electrons. The molecule has 0 amide bonds. The second-order valence-corrected chi connectivity index (χ2v) is 7.35. The van der Waals surface area contributed by atoms with Crippen LogP contribution in [0.5, 0.6) is 0 Å². The molecule has 20 heavy (non-hydrogen) atoms. The van der Waals surface area contributed by atoms with E-state index in [2.05, 4.69) is 9.71 Å². The molecule has 9 heteroatoms. The van der Waals surface area contributed by atoms with Gasteiger partial charge in [0.15, 0.2) is 0 Å². The summed E-state index contributed by atoms with van der Waals surface area (Å²) >= 11 is 12.1. The van der Waals surface area contributed by atoms with Crippen molar-refractivity contribution in [2.45, 2.75) is 11.4 Å². The summed E-state index contributed by atoms with van der Waals surface area (Å²) in [5, 5.41) is 2.66. The van der Waals surface area contributed by atoms with Gasteiger partial charge in [-0.2, -0.15) is 0 Å². The van der Waals surface area contributed by atoms with Crippen LogP contribution in [0.4, 0.5) is 0 Å². The van der Waals surface area contributed by atoms with E-state index in [9.17, 15) is 8.42 Å². The smallest absolute Gasteiger partial charge is 0.241 e. The summed E-state index contributed by atoms with van der Waals surface area (Å²) in [6, 6.07) is 4.22. The first-order valence-electron chi connectivity index (χ1n) is 5.37. The highest BCUT2D eigenvalue weighted by Crippen LogP contribution is 2.21. The number of hydrogen-bond donors (Lipinski definition) is 2. The largest absolute Gasteiger partial charge is 0.389 e. The summed E-state index contributed by atoms with van der Waals surface area (Å²) in [7, 11) is -3.65. The maximum Gasteiger partial charge on any atom is 0.241 e. The molecule has 1 heterocycles. The number of halogens is 1. The highest BCUT2D eigenvalue weighted by atomic mass is 35.5. The van der Waals surface area contributed by atoms with Gasteiger partial charge in [0.2, 0.25) is 10.0 Å². The molecule has 0 radical (unpaired) electrons. The zero-order valence-electron chi connectivity index (χ0n) is 10.0. The molecular weight excluding hydrogens is 338 g/mol. The topological polar surface area (TPSA) is 85.1 Å². The lowest BCUT2D eigenvalue weighted by Crippen LogP contribution is -2.23. The molecule has 0 spiro atoms. The predicted molar refractivity (Wildman–Crippen MR) is 83.5 cm³/mol. The number of hydrogen-bond acceptors (Lipinski definition) is 5. The highest BCUT2D eigenvalue weighted by Gasteiger charge is 2.16. The number of aromatic nitrogens is 1. The van der Waals surface area contributed by atoms with Crippen molar-refractivity contribution < 1.29 is 8.42 Å². The first-order chi connectivity index (χ1) is 9.40. The predicted octanol–water partition coefficient (Wildman–Crippen LogP) is 1.91. The second kappa shape index (κ2) is 6.15. The number of rotatable bonds is 5. The normalized spacial score (nSPS) is 11.4. The van der Waals surface area contributed by atoms with E-state index < -0.39 is 10.0 Å². The van der Waals surface area contributed by atoms with Crippen molar-refractivity contribution >= 4 is 50.2 Å². The molecule has 1 aromatic heterocycles. The van der Waals surface area contributed by atoms with E-state index in [0.717, 1.165) is 0 Å². The van der Waals surface area contributed by atoms with Crippen LogP contribution >= 0.6 is 35.2 Å². The molecule has 0 bridgehead atoms. The van der Waals surface area contributed by atoms with E-state index in [1.807, 2.05) is 0 Å². The minimum atomic E-state index is -3.65. The van der Waals surface area contributed by atoms with Gasteiger partial charge < -0.3 is 5.73 Å². The number of thiazole rings is 1. The van der Waals surface area contributed by atoms with Crippen LogP contribution in [-0.4, -0.2) is 18.4 Å². The van der Waals surface area contributed by atoms with Crippen molar-refractivity contribution in [3.63, 3.8) is 0 Å². The summed E-state index contributed by atoms with van der Waals surface area (Å²) in [6.45, 7) is 0.134. The van der Waals surface area contributed by atoms with Crippen molar-refractivity contribution in [1.29, 1.82) is 0 Å². The molecule has 0 fully saturated rings. The number of nitrogens with zero attached hydrogens (tertiary/aromatic N) is 1. The van der Waals surface area contributed by atoms with Crippen molar-refractivity contribution in [3.05, 3.63) is 45.4 Å². The molecule has 0 aliphatic carbocycles. The fourth-order valence-corrected chi connectivity index (χ4v) is 3.69. The standard InChI is InChI=1S/C11H10ClN3O2S3/c12-9-5-7(1-2-8(9)11(13)18)20(16,17)15-6-10-14-3-4-19-10/h1-5,15H,6H2,(H2,13,18). The Labute approximate surface area is 130 Å². The molecule has 2 rings (SSSR count). The summed E-state index contributed by atoms with van der Waals surface area (Å²) in [6.07, 6.45) is 1.61. The van der Waals surface area contributed by atoms with Crippen LogP contribution < -0.4 is 10.5 Å². The first kappa shape index (κ1) is 15.3. The van der Waals surface area contributed by atoms with Gasteiger partial charge >= 0.3 is 0 Å². The van der Waals surface area contributed by atoms with Crippen LogP contribution in [0, 0.1) is 0 Å². The van der Waals surface area contributed by atoms with Gasteiger partial charge in [0.1, 0.15) is 10.00 Å². The molecule has 3 N–H and O–H groups in total. The Kier molecular flexibility index (Phi) is 4.71. The Morgan fingerprint density at radius 2 is 2.25 bits per heavy atom. The van der Waals surface area contributed by atoms with Gasteiger partial charge in [0, 0.05) is 17.1 Å². The van der Waals surface area contributed by atoms with E-state index >= 15 is 0 Å². The monoisotopic (exact) mass is 347 g/mol. The molecule has 1 aromatic carbocycles. The van der Waals surface area contributed by atoms with Gasteiger partial charge in [-0.3, -0.25) is 0 Å². The zero-order valence-corrected chi connectivity index (χ0v) is 13.2. The third-order valence-corrected chi connectivity index (χ3v) is 5.12. The third kappa shape index (κ3) is 3.53.